The van der Waals surface area contributed by atoms with E-state index in [1.807, 2.05) is 0 Å². The van der Waals surface area contributed by atoms with Gasteiger partial charge in [0.2, 0.25) is 5.91 Å². The van der Waals surface area contributed by atoms with E-state index in [1.165, 1.54) is 6.07 Å². The number of primary amides is 1. The van der Waals surface area contributed by atoms with Gasteiger partial charge in [0.05, 0.1) is 12.1 Å². The molecule has 1 rings (SSSR count). The minimum atomic E-state index is -1.45. The highest BCUT2D eigenvalue weighted by molar-refractivity contribution is 9.10. The molecule has 0 aliphatic rings. The van der Waals surface area contributed by atoms with Crippen LogP contribution in [0.3, 0.4) is 0 Å². The number of halogens is 2. The summed E-state index contributed by atoms with van der Waals surface area (Å²) in [6.45, 7) is -0.294. The Morgan fingerprint density at radius 2 is 2.18 bits per heavy atom. The molecule has 1 unspecified atom stereocenters. The lowest BCUT2D eigenvalue weighted by molar-refractivity contribution is -0.125. The van der Waals surface area contributed by atoms with Crippen LogP contribution in [0.5, 0.6) is 0 Å². The number of amides is 2. The van der Waals surface area contributed by atoms with Crippen LogP contribution in [-0.2, 0) is 4.79 Å². The van der Waals surface area contributed by atoms with Crippen molar-refractivity contribution >= 4 is 27.7 Å². The van der Waals surface area contributed by atoms with Gasteiger partial charge in [-0.2, -0.15) is 0 Å². The molecule has 1 atom stereocenters. The van der Waals surface area contributed by atoms with Crippen molar-refractivity contribution in [2.45, 2.75) is 6.10 Å². The second-order valence-electron chi connectivity index (χ2n) is 3.25. The second-order valence-corrected chi connectivity index (χ2v) is 4.11. The van der Waals surface area contributed by atoms with E-state index in [2.05, 4.69) is 21.2 Å². The SMILES string of the molecule is NC(=O)C(O)CNC(=O)c1ccc(F)cc1Br. The molecule has 0 spiro atoms. The van der Waals surface area contributed by atoms with Gasteiger partial charge >= 0.3 is 0 Å². The van der Waals surface area contributed by atoms with Crippen molar-refractivity contribution < 1.29 is 19.1 Å². The molecular formula is C10H10BrFN2O3. The highest BCUT2D eigenvalue weighted by atomic mass is 79.9. The molecule has 0 saturated heterocycles. The lowest BCUT2D eigenvalue weighted by Gasteiger charge is -2.09. The molecule has 0 heterocycles. The molecule has 0 aromatic heterocycles. The molecule has 0 aliphatic carbocycles. The van der Waals surface area contributed by atoms with Gasteiger partial charge in [0.25, 0.3) is 5.91 Å². The van der Waals surface area contributed by atoms with Gasteiger partial charge in [0, 0.05) is 4.47 Å². The first-order valence-corrected chi connectivity index (χ1v) is 5.41. The lowest BCUT2D eigenvalue weighted by atomic mass is 10.2. The summed E-state index contributed by atoms with van der Waals surface area (Å²) in [6.07, 6.45) is -1.45. The summed E-state index contributed by atoms with van der Waals surface area (Å²) in [6, 6.07) is 3.55. The quantitative estimate of drug-likeness (QED) is 0.740. The molecule has 0 saturated carbocycles. The minimum Gasteiger partial charge on any atom is -0.381 e. The highest BCUT2D eigenvalue weighted by Crippen LogP contribution is 2.17. The van der Waals surface area contributed by atoms with Crippen LogP contribution in [0.1, 0.15) is 10.4 Å². The third kappa shape index (κ3) is 3.79. The standard InChI is InChI=1S/C10H10BrFN2O3/c11-7-3-5(12)1-2-6(7)10(17)14-4-8(15)9(13)16/h1-3,8,15H,4H2,(H2,13,16)(H,14,17). The van der Waals surface area contributed by atoms with E-state index in [9.17, 15) is 14.0 Å². The molecule has 0 fully saturated rings. The molecular weight excluding hydrogens is 295 g/mol. The topological polar surface area (TPSA) is 92.4 Å². The predicted octanol–water partition coefficient (Wildman–Crippen LogP) is 0.164. The molecule has 4 N–H and O–H groups in total. The van der Waals surface area contributed by atoms with E-state index in [0.29, 0.717) is 0 Å². The van der Waals surface area contributed by atoms with Crippen LogP contribution in [0.4, 0.5) is 4.39 Å². The number of nitrogens with one attached hydrogen (secondary N) is 1. The molecule has 0 aliphatic heterocycles. The molecule has 92 valence electrons. The average molecular weight is 305 g/mol. The van der Waals surface area contributed by atoms with E-state index in [1.54, 1.807) is 0 Å². The Kier molecular flexibility index (Phi) is 4.59. The van der Waals surface area contributed by atoms with Gasteiger partial charge in [0.1, 0.15) is 11.9 Å². The third-order valence-corrected chi connectivity index (χ3v) is 2.62. The Bertz CT molecular complexity index is 453. The van der Waals surface area contributed by atoms with E-state index in [4.69, 9.17) is 10.8 Å². The number of rotatable bonds is 4. The summed E-state index contributed by atoms with van der Waals surface area (Å²) < 4.78 is 13.0. The Morgan fingerprint density at radius 3 is 2.71 bits per heavy atom. The van der Waals surface area contributed by atoms with Crippen LogP contribution in [0.2, 0.25) is 0 Å². The summed E-state index contributed by atoms with van der Waals surface area (Å²) >= 11 is 3.03. The first kappa shape index (κ1) is 13.6. The van der Waals surface area contributed by atoms with Crippen LogP contribution >= 0.6 is 15.9 Å². The van der Waals surface area contributed by atoms with Gasteiger partial charge in [-0.05, 0) is 34.1 Å². The van der Waals surface area contributed by atoms with Crippen LogP contribution in [0, 0.1) is 5.82 Å². The summed E-state index contributed by atoms with van der Waals surface area (Å²) in [5, 5.41) is 11.4. The second kappa shape index (κ2) is 5.74. The van der Waals surface area contributed by atoms with Gasteiger partial charge in [-0.1, -0.05) is 0 Å². The number of nitrogens with two attached hydrogens (primary N) is 1. The molecule has 5 nitrogen and oxygen atoms in total. The fraction of sp³-hybridized carbons (Fsp3) is 0.200. The van der Waals surface area contributed by atoms with Gasteiger partial charge in [-0.25, -0.2) is 4.39 Å². The summed E-state index contributed by atoms with van der Waals surface area (Å²) in [4.78, 5) is 22.1. The van der Waals surface area contributed by atoms with E-state index in [0.717, 1.165) is 12.1 Å². The number of benzene rings is 1. The van der Waals surface area contributed by atoms with Crippen LogP contribution in [-0.4, -0.2) is 29.6 Å². The van der Waals surface area contributed by atoms with Crippen molar-refractivity contribution in [2.24, 2.45) is 5.73 Å². The fourth-order valence-electron chi connectivity index (χ4n) is 1.06. The zero-order chi connectivity index (χ0) is 13.0. The number of hydrogen-bond donors (Lipinski definition) is 3. The highest BCUT2D eigenvalue weighted by Gasteiger charge is 2.15. The van der Waals surface area contributed by atoms with Crippen molar-refractivity contribution in [1.82, 2.24) is 5.32 Å². The van der Waals surface area contributed by atoms with Crippen molar-refractivity contribution in [3.8, 4) is 0 Å². The third-order valence-electron chi connectivity index (χ3n) is 1.96. The Balaban J connectivity index is 2.67. The smallest absolute Gasteiger partial charge is 0.252 e. The van der Waals surface area contributed by atoms with Crippen LogP contribution in [0.15, 0.2) is 22.7 Å². The van der Waals surface area contributed by atoms with Crippen molar-refractivity contribution in [3.63, 3.8) is 0 Å². The molecule has 17 heavy (non-hydrogen) atoms. The monoisotopic (exact) mass is 304 g/mol. The number of carbonyl (C=O) groups excluding carboxylic acids is 2. The molecule has 7 heteroatoms. The van der Waals surface area contributed by atoms with Crippen molar-refractivity contribution in [2.75, 3.05) is 6.54 Å². The Labute approximate surface area is 105 Å². The van der Waals surface area contributed by atoms with Gasteiger partial charge < -0.3 is 16.2 Å². The zero-order valence-corrected chi connectivity index (χ0v) is 10.2. The first-order valence-electron chi connectivity index (χ1n) is 4.62. The Morgan fingerprint density at radius 1 is 1.53 bits per heavy atom. The molecule has 1 aromatic carbocycles. The maximum atomic E-state index is 12.8. The minimum absolute atomic E-state index is 0.197. The zero-order valence-electron chi connectivity index (χ0n) is 8.61. The van der Waals surface area contributed by atoms with Gasteiger partial charge in [-0.15, -0.1) is 0 Å². The number of hydrogen-bond acceptors (Lipinski definition) is 3. The van der Waals surface area contributed by atoms with Crippen molar-refractivity contribution in [3.05, 3.63) is 34.1 Å². The van der Waals surface area contributed by atoms with Crippen LogP contribution in [0.25, 0.3) is 0 Å². The molecule has 2 amide bonds. The lowest BCUT2D eigenvalue weighted by Crippen LogP contribution is -2.40. The summed E-state index contributed by atoms with van der Waals surface area (Å²) in [5.74, 6) is -1.95. The van der Waals surface area contributed by atoms with Crippen LogP contribution < -0.4 is 11.1 Å². The number of carbonyl (C=O) groups is 2. The maximum absolute atomic E-state index is 12.8. The van der Waals surface area contributed by atoms with E-state index in [-0.39, 0.29) is 16.6 Å². The largest absolute Gasteiger partial charge is 0.381 e. The van der Waals surface area contributed by atoms with Gasteiger partial charge in [-0.3, -0.25) is 9.59 Å². The van der Waals surface area contributed by atoms with E-state index < -0.39 is 23.7 Å². The molecule has 1 aromatic rings. The fourth-order valence-corrected chi connectivity index (χ4v) is 1.59. The normalized spacial score (nSPS) is 11.9. The summed E-state index contributed by atoms with van der Waals surface area (Å²) in [7, 11) is 0. The van der Waals surface area contributed by atoms with E-state index >= 15 is 0 Å². The molecule has 0 bridgehead atoms. The number of aliphatic hydroxyl groups is 1. The molecule has 0 radical (unpaired) electrons. The first-order chi connectivity index (χ1) is 7.91. The summed E-state index contributed by atoms with van der Waals surface area (Å²) in [5.41, 5.74) is 5.01. The number of aliphatic hydroxyl groups excluding tert-OH is 1. The average Bonchev–Trinajstić information content (AvgIpc) is 2.25. The Hall–Kier alpha value is -1.47. The van der Waals surface area contributed by atoms with Gasteiger partial charge in [0.15, 0.2) is 0 Å². The van der Waals surface area contributed by atoms with Crippen molar-refractivity contribution in [1.29, 1.82) is 0 Å². The maximum Gasteiger partial charge on any atom is 0.252 e. The predicted molar refractivity (Wildman–Crippen MR) is 61.6 cm³/mol.